The van der Waals surface area contributed by atoms with Crippen molar-refractivity contribution in [2.75, 3.05) is 6.54 Å². The molecule has 1 saturated heterocycles. The van der Waals surface area contributed by atoms with Gasteiger partial charge in [-0.3, -0.25) is 9.36 Å². The number of nitrogens with zero attached hydrogens (tertiary/aromatic N) is 4. The normalized spacial score (nSPS) is 17.0. The monoisotopic (exact) mass is 368 g/mol. The van der Waals surface area contributed by atoms with E-state index in [1.165, 1.54) is 16.0 Å². The number of carbonyl (C=O) groups is 1. The molecule has 134 valence electrons. The summed E-state index contributed by atoms with van der Waals surface area (Å²) in [5, 5.41) is 6.39. The van der Waals surface area contributed by atoms with Crippen molar-refractivity contribution in [1.29, 1.82) is 0 Å². The number of likely N-dealkylation sites (tertiary alicyclic amines) is 1. The van der Waals surface area contributed by atoms with Crippen LogP contribution in [0.15, 0.2) is 52.6 Å². The highest BCUT2D eigenvalue weighted by Crippen LogP contribution is 2.32. The van der Waals surface area contributed by atoms with Gasteiger partial charge in [0.2, 0.25) is 0 Å². The number of aryl methyl sites for hydroxylation is 1. The number of aromatic nitrogens is 3. The number of benzene rings is 1. The zero-order valence-corrected chi connectivity index (χ0v) is 15.4. The molecule has 1 aliphatic heterocycles. The van der Waals surface area contributed by atoms with Crippen molar-refractivity contribution >= 4 is 17.2 Å². The van der Waals surface area contributed by atoms with Gasteiger partial charge in [0.1, 0.15) is 0 Å². The highest BCUT2D eigenvalue weighted by Gasteiger charge is 2.35. The van der Waals surface area contributed by atoms with Gasteiger partial charge in [-0.25, -0.2) is 9.48 Å². The van der Waals surface area contributed by atoms with Gasteiger partial charge in [-0.1, -0.05) is 36.4 Å². The molecule has 4 rings (SSSR count). The second kappa shape index (κ2) is 6.92. The van der Waals surface area contributed by atoms with Gasteiger partial charge >= 0.3 is 5.69 Å². The quantitative estimate of drug-likeness (QED) is 0.711. The third kappa shape index (κ3) is 2.99. The van der Waals surface area contributed by atoms with Crippen molar-refractivity contribution in [2.45, 2.75) is 25.4 Å². The number of carbonyl (C=O) groups excluding carboxylic acids is 1. The van der Waals surface area contributed by atoms with Crippen molar-refractivity contribution in [3.63, 3.8) is 0 Å². The van der Waals surface area contributed by atoms with Crippen LogP contribution in [-0.4, -0.2) is 31.7 Å². The maximum absolute atomic E-state index is 12.9. The Morgan fingerprint density at radius 1 is 1.23 bits per heavy atom. The van der Waals surface area contributed by atoms with E-state index >= 15 is 0 Å². The second-order valence-electron chi connectivity index (χ2n) is 6.47. The molecule has 3 aromatic rings. The lowest BCUT2D eigenvalue weighted by atomic mass is 10.2. The lowest BCUT2D eigenvalue weighted by Gasteiger charge is -2.23. The Hall–Kier alpha value is -2.67. The van der Waals surface area contributed by atoms with Gasteiger partial charge < -0.3 is 4.90 Å². The molecule has 0 saturated carbocycles. The number of hydrogen-bond donors (Lipinski definition) is 0. The number of hydrogen-bond acceptors (Lipinski definition) is 4. The topological polar surface area (TPSA) is 60.1 Å². The van der Waals surface area contributed by atoms with E-state index < -0.39 is 0 Å². The molecule has 0 N–H and O–H groups in total. The van der Waals surface area contributed by atoms with Crippen LogP contribution < -0.4 is 5.69 Å². The zero-order valence-electron chi connectivity index (χ0n) is 14.5. The van der Waals surface area contributed by atoms with E-state index in [9.17, 15) is 9.59 Å². The fourth-order valence-electron chi connectivity index (χ4n) is 3.50. The summed E-state index contributed by atoms with van der Waals surface area (Å²) in [4.78, 5) is 28.1. The fourth-order valence-corrected chi connectivity index (χ4v) is 4.18. The number of rotatable bonds is 4. The molecule has 2 aromatic heterocycles. The molecular formula is C19H20N4O2S. The molecule has 0 bridgehead atoms. The Morgan fingerprint density at radius 3 is 2.77 bits per heavy atom. The minimum absolute atomic E-state index is 0.0202. The molecule has 1 aliphatic rings. The van der Waals surface area contributed by atoms with Gasteiger partial charge in [0, 0.05) is 13.6 Å². The van der Waals surface area contributed by atoms with Gasteiger partial charge in [-0.2, -0.15) is 5.10 Å². The molecule has 6 nitrogen and oxygen atoms in total. The van der Waals surface area contributed by atoms with Crippen LogP contribution in [-0.2, 0) is 13.6 Å². The zero-order chi connectivity index (χ0) is 18.1. The van der Waals surface area contributed by atoms with Crippen LogP contribution in [0.1, 0.15) is 39.9 Å². The van der Waals surface area contributed by atoms with Crippen LogP contribution >= 0.6 is 11.3 Å². The average Bonchev–Trinajstić information content (AvgIpc) is 3.39. The number of amides is 1. The van der Waals surface area contributed by atoms with Crippen molar-refractivity contribution in [1.82, 2.24) is 19.2 Å². The third-order valence-corrected chi connectivity index (χ3v) is 5.62. The van der Waals surface area contributed by atoms with Crippen molar-refractivity contribution in [3.8, 4) is 0 Å². The van der Waals surface area contributed by atoms with Gasteiger partial charge in [-0.05, 0) is 29.9 Å². The molecule has 3 heterocycles. The van der Waals surface area contributed by atoms with Crippen LogP contribution in [0.4, 0.5) is 0 Å². The molecule has 0 spiro atoms. The van der Waals surface area contributed by atoms with Crippen LogP contribution in [0.2, 0.25) is 0 Å². The summed E-state index contributed by atoms with van der Waals surface area (Å²) >= 11 is 1.44. The Balaban J connectivity index is 1.69. The summed E-state index contributed by atoms with van der Waals surface area (Å²) in [5.41, 5.74) is 0.886. The van der Waals surface area contributed by atoms with E-state index in [4.69, 9.17) is 0 Å². The first kappa shape index (κ1) is 16.8. The minimum atomic E-state index is -0.165. The molecule has 1 atom stereocenters. The van der Waals surface area contributed by atoms with Gasteiger partial charge in [0.15, 0.2) is 5.82 Å². The summed E-state index contributed by atoms with van der Waals surface area (Å²) < 4.78 is 3.06. The molecule has 1 unspecified atom stereocenters. The van der Waals surface area contributed by atoms with E-state index in [1.54, 1.807) is 11.6 Å². The SMILES string of the molecule is Cn1nc(C2CCCN2C(=O)c2cccs2)n(Cc2ccccc2)c1=O. The predicted octanol–water partition coefficient (Wildman–Crippen LogP) is 2.67. The van der Waals surface area contributed by atoms with E-state index in [0.717, 1.165) is 23.3 Å². The largest absolute Gasteiger partial charge is 0.346 e. The van der Waals surface area contributed by atoms with E-state index in [2.05, 4.69) is 5.10 Å². The van der Waals surface area contributed by atoms with E-state index in [1.807, 2.05) is 52.7 Å². The Bertz CT molecular complexity index is 959. The van der Waals surface area contributed by atoms with Crippen molar-refractivity contribution in [2.24, 2.45) is 7.05 Å². The molecule has 1 amide bonds. The van der Waals surface area contributed by atoms with Crippen LogP contribution in [0, 0.1) is 0 Å². The Kier molecular flexibility index (Phi) is 4.46. The fraction of sp³-hybridized carbons (Fsp3) is 0.316. The first-order chi connectivity index (χ1) is 12.6. The summed E-state index contributed by atoms with van der Waals surface area (Å²) in [5.74, 6) is 0.690. The third-order valence-electron chi connectivity index (χ3n) is 4.76. The molecule has 1 aromatic carbocycles. The lowest BCUT2D eigenvalue weighted by molar-refractivity contribution is 0.0732. The second-order valence-corrected chi connectivity index (χ2v) is 7.42. The molecule has 0 radical (unpaired) electrons. The number of thiophene rings is 1. The Labute approximate surface area is 155 Å². The first-order valence-corrected chi connectivity index (χ1v) is 9.55. The van der Waals surface area contributed by atoms with Crippen LogP contribution in [0.25, 0.3) is 0 Å². The summed E-state index contributed by atoms with van der Waals surface area (Å²) in [7, 11) is 1.66. The highest BCUT2D eigenvalue weighted by molar-refractivity contribution is 7.12. The maximum atomic E-state index is 12.9. The van der Waals surface area contributed by atoms with Gasteiger partial charge in [-0.15, -0.1) is 11.3 Å². The predicted molar refractivity (Wildman–Crippen MR) is 100 cm³/mol. The van der Waals surface area contributed by atoms with Crippen molar-refractivity contribution in [3.05, 3.63) is 74.6 Å². The summed E-state index contributed by atoms with van der Waals surface area (Å²) in [6.45, 7) is 1.15. The average molecular weight is 368 g/mol. The van der Waals surface area contributed by atoms with Gasteiger partial charge in [0.25, 0.3) is 5.91 Å². The molecule has 26 heavy (non-hydrogen) atoms. The van der Waals surface area contributed by atoms with Crippen LogP contribution in [0.3, 0.4) is 0 Å². The lowest BCUT2D eigenvalue weighted by Crippen LogP contribution is -2.33. The molecular weight excluding hydrogens is 348 g/mol. The molecule has 1 fully saturated rings. The van der Waals surface area contributed by atoms with Crippen molar-refractivity contribution < 1.29 is 4.79 Å². The molecule has 7 heteroatoms. The minimum Gasteiger partial charge on any atom is -0.328 e. The van der Waals surface area contributed by atoms with E-state index in [-0.39, 0.29) is 17.6 Å². The molecule has 0 aliphatic carbocycles. The highest BCUT2D eigenvalue weighted by atomic mass is 32.1. The van der Waals surface area contributed by atoms with E-state index in [0.29, 0.717) is 18.9 Å². The summed E-state index contributed by atoms with van der Waals surface area (Å²) in [6.07, 6.45) is 1.74. The van der Waals surface area contributed by atoms with Crippen LogP contribution in [0.5, 0.6) is 0 Å². The first-order valence-electron chi connectivity index (χ1n) is 8.67. The Morgan fingerprint density at radius 2 is 2.04 bits per heavy atom. The smallest absolute Gasteiger partial charge is 0.328 e. The maximum Gasteiger partial charge on any atom is 0.346 e. The summed E-state index contributed by atoms with van der Waals surface area (Å²) in [6, 6.07) is 13.4. The standard InChI is InChI=1S/C19H20N4O2S/c1-21-19(25)23(13-14-7-3-2-4-8-14)17(20-21)15-9-5-11-22(15)18(24)16-10-6-12-26-16/h2-4,6-8,10,12,15H,5,9,11,13H2,1H3. The van der Waals surface area contributed by atoms with Gasteiger partial charge in [0.05, 0.1) is 17.5 Å².